The normalized spacial score (nSPS) is 20.2. The largest absolute Gasteiger partial charge is 0.464 e. The van der Waals surface area contributed by atoms with Crippen LogP contribution < -0.4 is 9.64 Å². The van der Waals surface area contributed by atoms with Gasteiger partial charge in [0.15, 0.2) is 0 Å². The van der Waals surface area contributed by atoms with E-state index in [1.165, 1.54) is 0 Å². The van der Waals surface area contributed by atoms with E-state index in [1.807, 2.05) is 31.2 Å². The van der Waals surface area contributed by atoms with E-state index in [4.69, 9.17) is 4.74 Å². The molecular formula is C27H34FNO4S2. The van der Waals surface area contributed by atoms with Crippen molar-refractivity contribution in [1.29, 1.82) is 0 Å². The molecule has 0 saturated carbocycles. The summed E-state index contributed by atoms with van der Waals surface area (Å²) in [5.41, 5.74) is 1.81. The van der Waals surface area contributed by atoms with Crippen LogP contribution in [0.2, 0.25) is 0 Å². The molecule has 0 N–H and O–H groups in total. The third-order valence-corrected chi connectivity index (χ3v) is 8.95. The number of hydrogen-bond donors (Lipinski definition) is 0. The molecule has 0 fully saturated rings. The second-order valence-electron chi connectivity index (χ2n) is 8.64. The zero-order chi connectivity index (χ0) is 25.4. The topological polar surface area (TPSA) is 55.8 Å². The lowest BCUT2D eigenvalue weighted by Crippen LogP contribution is -2.37. The molecule has 0 bridgehead atoms. The SMILES string of the molecule is CCCCC1(CC)CN(c2ccccc2)c2cc(SCC)c(O/C=C(\F)C(=O)OC)cc2S(=O)C1. The molecule has 1 heterocycles. The second-order valence-corrected chi connectivity index (χ2v) is 11.4. The number of nitrogens with zero attached hydrogens (tertiary/aromatic N) is 1. The highest BCUT2D eigenvalue weighted by Gasteiger charge is 2.38. The van der Waals surface area contributed by atoms with Crippen LogP contribution in [0.5, 0.6) is 5.75 Å². The minimum absolute atomic E-state index is 0.105. The highest BCUT2D eigenvalue weighted by atomic mass is 32.2. The number of fused-ring (bicyclic) bond motifs is 1. The van der Waals surface area contributed by atoms with E-state index in [1.54, 1.807) is 17.8 Å². The van der Waals surface area contributed by atoms with Crippen molar-refractivity contribution in [3.8, 4) is 5.75 Å². The molecule has 0 spiro atoms. The number of benzene rings is 2. The van der Waals surface area contributed by atoms with E-state index < -0.39 is 22.6 Å². The highest BCUT2D eigenvalue weighted by Crippen LogP contribution is 2.46. The van der Waals surface area contributed by atoms with Gasteiger partial charge in [-0.3, -0.25) is 4.21 Å². The Hall–Kier alpha value is -2.32. The summed E-state index contributed by atoms with van der Waals surface area (Å²) in [4.78, 5) is 15.2. The molecule has 2 atom stereocenters. The summed E-state index contributed by atoms with van der Waals surface area (Å²) in [6.07, 6.45) is 4.82. The Balaban J connectivity index is 2.16. The van der Waals surface area contributed by atoms with Crippen LogP contribution in [0.1, 0.15) is 46.5 Å². The molecular weight excluding hydrogens is 485 g/mol. The molecule has 0 saturated heterocycles. The van der Waals surface area contributed by atoms with Crippen LogP contribution in [-0.2, 0) is 20.3 Å². The Labute approximate surface area is 214 Å². The smallest absolute Gasteiger partial charge is 0.370 e. The van der Waals surface area contributed by atoms with Crippen molar-refractivity contribution in [3.05, 3.63) is 54.6 Å². The molecule has 1 aliphatic rings. The molecule has 35 heavy (non-hydrogen) atoms. The fourth-order valence-electron chi connectivity index (χ4n) is 4.30. The fraction of sp³-hybridized carbons (Fsp3) is 0.444. The lowest BCUT2D eigenvalue weighted by molar-refractivity contribution is -0.137. The van der Waals surface area contributed by atoms with Gasteiger partial charge in [0.2, 0.25) is 5.83 Å². The van der Waals surface area contributed by atoms with Crippen LogP contribution in [-0.4, -0.2) is 35.3 Å². The van der Waals surface area contributed by atoms with E-state index in [9.17, 15) is 13.4 Å². The van der Waals surface area contributed by atoms with Gasteiger partial charge < -0.3 is 14.4 Å². The molecule has 0 amide bonds. The minimum Gasteiger partial charge on any atom is -0.464 e. The average Bonchev–Trinajstić information content (AvgIpc) is 3.00. The third kappa shape index (κ3) is 6.47. The van der Waals surface area contributed by atoms with E-state index in [0.29, 0.717) is 16.4 Å². The van der Waals surface area contributed by atoms with Crippen LogP contribution in [0.25, 0.3) is 0 Å². The first-order valence-electron chi connectivity index (χ1n) is 12.0. The molecule has 0 aliphatic carbocycles. The third-order valence-electron chi connectivity index (χ3n) is 6.34. The van der Waals surface area contributed by atoms with E-state index in [0.717, 1.165) is 67.6 Å². The molecule has 2 aromatic rings. The molecule has 0 radical (unpaired) electrons. The van der Waals surface area contributed by atoms with Crippen molar-refractivity contribution in [2.75, 3.05) is 30.1 Å². The number of rotatable bonds is 10. The number of ether oxygens (including phenoxy) is 2. The predicted octanol–water partition coefficient (Wildman–Crippen LogP) is 7.01. The zero-order valence-electron chi connectivity index (χ0n) is 20.8. The van der Waals surface area contributed by atoms with Crippen molar-refractivity contribution in [2.24, 2.45) is 5.41 Å². The summed E-state index contributed by atoms with van der Waals surface area (Å²) in [5.74, 6) is -0.555. The first-order chi connectivity index (χ1) is 16.9. The molecule has 1 aliphatic heterocycles. The summed E-state index contributed by atoms with van der Waals surface area (Å²) < 4.78 is 37.8. The minimum atomic E-state index is -1.28. The number of methoxy groups -OCH3 is 1. The van der Waals surface area contributed by atoms with Gasteiger partial charge in [0.05, 0.1) is 33.4 Å². The van der Waals surface area contributed by atoms with Gasteiger partial charge in [-0.2, -0.15) is 4.39 Å². The summed E-state index contributed by atoms with van der Waals surface area (Å²) in [6, 6.07) is 13.9. The number of para-hydroxylation sites is 1. The molecule has 8 heteroatoms. The maximum absolute atomic E-state index is 14.0. The number of anilines is 2. The van der Waals surface area contributed by atoms with Crippen molar-refractivity contribution < 1.29 is 22.9 Å². The van der Waals surface area contributed by atoms with Gasteiger partial charge >= 0.3 is 5.97 Å². The Morgan fingerprint density at radius 2 is 1.97 bits per heavy atom. The van der Waals surface area contributed by atoms with Crippen LogP contribution >= 0.6 is 11.8 Å². The summed E-state index contributed by atoms with van der Waals surface area (Å²) in [7, 11) is -0.176. The number of hydrogen-bond acceptors (Lipinski definition) is 6. The number of thioether (sulfide) groups is 1. The number of esters is 1. The summed E-state index contributed by atoms with van der Waals surface area (Å²) in [6.45, 7) is 7.14. The van der Waals surface area contributed by atoms with Gasteiger partial charge in [-0.25, -0.2) is 4.79 Å². The Morgan fingerprint density at radius 3 is 2.60 bits per heavy atom. The first kappa shape index (κ1) is 27.3. The molecule has 2 aromatic carbocycles. The highest BCUT2D eigenvalue weighted by molar-refractivity contribution is 7.99. The predicted molar refractivity (Wildman–Crippen MR) is 142 cm³/mol. The standard InChI is InChI=1S/C27H34FNO4S2/c1-5-8-14-27(6-2)18-29(20-12-10-9-11-13-20)22-15-24(34-7-3)23(16-25(22)35(31)19-27)33-17-21(28)26(30)32-4/h9-13,15-17H,5-8,14,18-19H2,1-4H3/b21-17-. The van der Waals surface area contributed by atoms with Crippen molar-refractivity contribution in [3.63, 3.8) is 0 Å². The monoisotopic (exact) mass is 519 g/mol. The lowest BCUT2D eigenvalue weighted by Gasteiger charge is -2.36. The van der Waals surface area contributed by atoms with Crippen LogP contribution in [0, 0.1) is 5.41 Å². The molecule has 5 nitrogen and oxygen atoms in total. The number of carbonyl (C=O) groups excluding carboxylic acids is 1. The number of halogens is 1. The van der Waals surface area contributed by atoms with Crippen LogP contribution in [0.15, 0.2) is 64.3 Å². The van der Waals surface area contributed by atoms with Gasteiger partial charge in [0, 0.05) is 24.1 Å². The second kappa shape index (κ2) is 12.6. The van der Waals surface area contributed by atoms with Gasteiger partial charge in [0.1, 0.15) is 12.0 Å². The number of unbranched alkanes of at least 4 members (excludes halogenated alkanes) is 1. The van der Waals surface area contributed by atoms with E-state index >= 15 is 0 Å². The van der Waals surface area contributed by atoms with Gasteiger partial charge in [0.25, 0.3) is 0 Å². The van der Waals surface area contributed by atoms with Gasteiger partial charge in [-0.1, -0.05) is 51.8 Å². The average molecular weight is 520 g/mol. The zero-order valence-corrected chi connectivity index (χ0v) is 22.5. The maximum atomic E-state index is 14.0. The van der Waals surface area contributed by atoms with E-state index in [-0.39, 0.29) is 5.41 Å². The molecule has 3 rings (SSSR count). The summed E-state index contributed by atoms with van der Waals surface area (Å²) >= 11 is 1.55. The van der Waals surface area contributed by atoms with Crippen molar-refractivity contribution in [1.82, 2.24) is 0 Å². The van der Waals surface area contributed by atoms with Gasteiger partial charge in [-0.05, 0) is 42.2 Å². The first-order valence-corrected chi connectivity index (χ1v) is 14.3. The van der Waals surface area contributed by atoms with E-state index in [2.05, 4.69) is 35.6 Å². The number of carbonyl (C=O) groups is 1. The quantitative estimate of drug-likeness (QED) is 0.146. The summed E-state index contributed by atoms with van der Waals surface area (Å²) in [5, 5.41) is 0. The molecule has 2 unspecified atom stereocenters. The molecule has 0 aromatic heterocycles. The van der Waals surface area contributed by atoms with Crippen molar-refractivity contribution >= 4 is 39.9 Å². The Kier molecular flexibility index (Phi) is 9.80. The Bertz CT molecular complexity index is 1080. The van der Waals surface area contributed by atoms with Gasteiger partial charge in [-0.15, -0.1) is 11.8 Å². The van der Waals surface area contributed by atoms with Crippen molar-refractivity contribution in [2.45, 2.75) is 56.2 Å². The fourth-order valence-corrected chi connectivity index (χ4v) is 6.85. The lowest BCUT2D eigenvalue weighted by atomic mass is 9.81. The van der Waals surface area contributed by atoms with Crippen LogP contribution in [0.3, 0.4) is 0 Å². The maximum Gasteiger partial charge on any atom is 0.370 e. The molecule has 190 valence electrons. The Morgan fingerprint density at radius 1 is 1.23 bits per heavy atom. The van der Waals surface area contributed by atoms with Crippen LogP contribution in [0.4, 0.5) is 15.8 Å².